The number of rotatable bonds is 5. The van der Waals surface area contributed by atoms with Crippen molar-refractivity contribution in [3.63, 3.8) is 0 Å². The molecular formula is C20H28IN5O3. The van der Waals surface area contributed by atoms with Crippen LogP contribution in [0.4, 0.5) is 0 Å². The summed E-state index contributed by atoms with van der Waals surface area (Å²) in [5.41, 5.74) is 2.64. The van der Waals surface area contributed by atoms with Gasteiger partial charge in [0.15, 0.2) is 5.96 Å². The predicted molar refractivity (Wildman–Crippen MR) is 121 cm³/mol. The lowest BCUT2D eigenvalue weighted by atomic mass is 10.1. The van der Waals surface area contributed by atoms with Gasteiger partial charge in [-0.15, -0.1) is 24.0 Å². The highest BCUT2D eigenvalue weighted by Crippen LogP contribution is 2.21. The van der Waals surface area contributed by atoms with Crippen LogP contribution >= 0.6 is 24.0 Å². The van der Waals surface area contributed by atoms with E-state index in [0.717, 1.165) is 36.7 Å². The average molecular weight is 513 g/mol. The molecular weight excluding hydrogens is 485 g/mol. The van der Waals surface area contributed by atoms with Gasteiger partial charge >= 0.3 is 5.97 Å². The fourth-order valence-corrected chi connectivity index (χ4v) is 3.11. The first-order valence-electron chi connectivity index (χ1n) is 9.41. The number of halogens is 1. The number of morpholine rings is 1. The van der Waals surface area contributed by atoms with Gasteiger partial charge in [-0.25, -0.2) is 9.79 Å². The maximum absolute atomic E-state index is 11.5. The zero-order valence-corrected chi connectivity index (χ0v) is 19.3. The summed E-state index contributed by atoms with van der Waals surface area (Å²) in [5.74, 6) is 0.523. The molecule has 1 aliphatic heterocycles. The third-order valence-corrected chi connectivity index (χ3v) is 4.58. The molecule has 1 aliphatic rings. The maximum Gasteiger partial charge on any atom is 0.337 e. The van der Waals surface area contributed by atoms with Crippen molar-refractivity contribution in [3.05, 3.63) is 53.3 Å². The number of carbonyl (C=O) groups excluding carboxylic acids is 1. The van der Waals surface area contributed by atoms with Gasteiger partial charge in [0, 0.05) is 31.9 Å². The van der Waals surface area contributed by atoms with E-state index in [4.69, 9.17) is 14.5 Å². The minimum atomic E-state index is -0.335. The van der Waals surface area contributed by atoms with Crippen molar-refractivity contribution in [2.45, 2.75) is 19.6 Å². The standard InChI is InChI=1S/C20H27N5O3.HI/c1-4-21-20(22-11-15-5-7-16(8-6-15)19(26)27-3)25-9-10-28-18(14-25)17-12-23-24(2)13-17;/h5-8,12-13,18H,4,9-11,14H2,1-3H3,(H,21,22);1H. The smallest absolute Gasteiger partial charge is 0.337 e. The van der Waals surface area contributed by atoms with Gasteiger partial charge in [-0.3, -0.25) is 4.68 Å². The van der Waals surface area contributed by atoms with Crippen LogP contribution < -0.4 is 5.32 Å². The Balaban J connectivity index is 0.00000300. The van der Waals surface area contributed by atoms with E-state index in [0.29, 0.717) is 18.7 Å². The molecule has 1 atom stereocenters. The summed E-state index contributed by atoms with van der Waals surface area (Å²) in [6.45, 7) is 5.51. The van der Waals surface area contributed by atoms with Crippen LogP contribution in [0, 0.1) is 0 Å². The first kappa shape index (κ1) is 23.1. The molecule has 9 heteroatoms. The quantitative estimate of drug-likeness (QED) is 0.286. The largest absolute Gasteiger partial charge is 0.465 e. The Morgan fingerprint density at radius 3 is 2.76 bits per heavy atom. The van der Waals surface area contributed by atoms with E-state index >= 15 is 0 Å². The number of hydrogen-bond acceptors (Lipinski definition) is 5. The van der Waals surface area contributed by atoms with E-state index in [2.05, 4.69) is 22.2 Å². The zero-order chi connectivity index (χ0) is 19.9. The highest BCUT2D eigenvalue weighted by molar-refractivity contribution is 14.0. The number of nitrogens with zero attached hydrogens (tertiary/aromatic N) is 4. The average Bonchev–Trinajstić information content (AvgIpc) is 3.17. The van der Waals surface area contributed by atoms with Crippen molar-refractivity contribution in [3.8, 4) is 0 Å². The number of ether oxygens (including phenoxy) is 2. The summed E-state index contributed by atoms with van der Waals surface area (Å²) < 4.78 is 12.4. The highest BCUT2D eigenvalue weighted by Gasteiger charge is 2.25. The van der Waals surface area contributed by atoms with Crippen molar-refractivity contribution in [1.82, 2.24) is 20.0 Å². The molecule has 2 heterocycles. The Morgan fingerprint density at radius 1 is 1.38 bits per heavy atom. The van der Waals surface area contributed by atoms with E-state index in [1.807, 2.05) is 31.6 Å². The molecule has 1 aromatic carbocycles. The van der Waals surface area contributed by atoms with Crippen molar-refractivity contribution < 1.29 is 14.3 Å². The van der Waals surface area contributed by atoms with E-state index in [9.17, 15) is 4.79 Å². The van der Waals surface area contributed by atoms with Gasteiger partial charge < -0.3 is 19.7 Å². The Kier molecular flexibility index (Phi) is 8.90. The molecule has 0 amide bonds. The van der Waals surface area contributed by atoms with E-state index in [-0.39, 0.29) is 36.0 Å². The molecule has 1 fully saturated rings. The number of nitrogens with one attached hydrogen (secondary N) is 1. The molecule has 1 aromatic heterocycles. The van der Waals surface area contributed by atoms with Crippen LogP contribution in [-0.4, -0.2) is 60.0 Å². The Bertz CT molecular complexity index is 822. The summed E-state index contributed by atoms with van der Waals surface area (Å²) in [5, 5.41) is 7.60. The Labute approximate surface area is 188 Å². The summed E-state index contributed by atoms with van der Waals surface area (Å²) >= 11 is 0. The lowest BCUT2D eigenvalue weighted by molar-refractivity contribution is -0.00805. The molecule has 158 valence electrons. The molecule has 0 saturated carbocycles. The number of carbonyl (C=O) groups is 1. The Hall–Kier alpha value is -2.14. The maximum atomic E-state index is 11.5. The normalized spacial score (nSPS) is 16.9. The minimum absolute atomic E-state index is 0. The molecule has 2 aromatic rings. The summed E-state index contributed by atoms with van der Waals surface area (Å²) in [6, 6.07) is 7.32. The van der Waals surface area contributed by atoms with Crippen LogP contribution in [0.3, 0.4) is 0 Å². The number of benzene rings is 1. The lowest BCUT2D eigenvalue weighted by Gasteiger charge is -2.34. The topological polar surface area (TPSA) is 81.0 Å². The first-order valence-corrected chi connectivity index (χ1v) is 9.41. The Morgan fingerprint density at radius 2 is 2.14 bits per heavy atom. The van der Waals surface area contributed by atoms with Crippen molar-refractivity contribution in [2.75, 3.05) is 33.4 Å². The third kappa shape index (κ3) is 6.17. The van der Waals surface area contributed by atoms with Crippen LogP contribution in [0.1, 0.15) is 34.5 Å². The summed E-state index contributed by atoms with van der Waals surface area (Å²) in [6.07, 6.45) is 3.81. The lowest BCUT2D eigenvalue weighted by Crippen LogP contribution is -2.48. The number of methoxy groups -OCH3 is 1. The third-order valence-electron chi connectivity index (χ3n) is 4.58. The van der Waals surface area contributed by atoms with Crippen molar-refractivity contribution >= 4 is 35.9 Å². The van der Waals surface area contributed by atoms with Gasteiger partial charge in [0.2, 0.25) is 0 Å². The summed E-state index contributed by atoms with van der Waals surface area (Å²) in [4.78, 5) is 18.5. The second kappa shape index (κ2) is 11.1. The second-order valence-electron chi connectivity index (χ2n) is 6.61. The molecule has 1 unspecified atom stereocenters. The fourth-order valence-electron chi connectivity index (χ4n) is 3.11. The van der Waals surface area contributed by atoms with Gasteiger partial charge in [0.25, 0.3) is 0 Å². The van der Waals surface area contributed by atoms with Gasteiger partial charge in [0.05, 0.1) is 38.6 Å². The van der Waals surface area contributed by atoms with Gasteiger partial charge in [-0.1, -0.05) is 12.1 Å². The van der Waals surface area contributed by atoms with E-state index in [1.54, 1.807) is 16.8 Å². The van der Waals surface area contributed by atoms with Crippen LogP contribution in [0.5, 0.6) is 0 Å². The number of aliphatic imine (C=N–C) groups is 1. The monoisotopic (exact) mass is 513 g/mol. The molecule has 8 nitrogen and oxygen atoms in total. The number of aromatic nitrogens is 2. The number of aryl methyl sites for hydroxylation is 1. The second-order valence-corrected chi connectivity index (χ2v) is 6.61. The molecule has 1 N–H and O–H groups in total. The summed E-state index contributed by atoms with van der Waals surface area (Å²) in [7, 11) is 3.28. The van der Waals surface area contributed by atoms with Crippen molar-refractivity contribution in [1.29, 1.82) is 0 Å². The van der Waals surface area contributed by atoms with E-state index in [1.165, 1.54) is 7.11 Å². The molecule has 0 aliphatic carbocycles. The molecule has 0 spiro atoms. The first-order chi connectivity index (χ1) is 13.6. The van der Waals surface area contributed by atoms with Gasteiger partial charge in [0.1, 0.15) is 6.10 Å². The SMILES string of the molecule is CCNC(=NCc1ccc(C(=O)OC)cc1)N1CCOC(c2cnn(C)c2)C1.I. The number of hydrogen-bond donors (Lipinski definition) is 1. The zero-order valence-electron chi connectivity index (χ0n) is 17.0. The van der Waals surface area contributed by atoms with Crippen LogP contribution in [0.2, 0.25) is 0 Å². The van der Waals surface area contributed by atoms with Crippen LogP contribution in [0.25, 0.3) is 0 Å². The highest BCUT2D eigenvalue weighted by atomic mass is 127. The van der Waals surface area contributed by atoms with Crippen molar-refractivity contribution in [2.24, 2.45) is 12.0 Å². The predicted octanol–water partition coefficient (Wildman–Crippen LogP) is 2.36. The van der Waals surface area contributed by atoms with Gasteiger partial charge in [-0.2, -0.15) is 5.10 Å². The molecule has 29 heavy (non-hydrogen) atoms. The number of esters is 1. The molecule has 0 bridgehead atoms. The van der Waals surface area contributed by atoms with Crippen LogP contribution in [0.15, 0.2) is 41.7 Å². The molecule has 0 radical (unpaired) electrons. The molecule has 3 rings (SSSR count). The van der Waals surface area contributed by atoms with E-state index < -0.39 is 0 Å². The van der Waals surface area contributed by atoms with Crippen LogP contribution in [-0.2, 0) is 23.1 Å². The number of guanidine groups is 1. The minimum Gasteiger partial charge on any atom is -0.465 e. The fraction of sp³-hybridized carbons (Fsp3) is 0.450. The molecule has 1 saturated heterocycles. The van der Waals surface area contributed by atoms with Gasteiger partial charge in [-0.05, 0) is 24.6 Å².